The van der Waals surface area contributed by atoms with Crippen molar-refractivity contribution in [2.45, 2.75) is 38.9 Å². The highest BCUT2D eigenvalue weighted by molar-refractivity contribution is 6.85. The van der Waals surface area contributed by atoms with Gasteiger partial charge in [0.2, 0.25) is 0 Å². The Labute approximate surface area is 149 Å². The third-order valence-corrected chi connectivity index (χ3v) is 10.8. The number of hydrogen-bond acceptors (Lipinski definition) is 2. The Bertz CT molecular complexity index is 717. The molecule has 0 amide bonds. The van der Waals surface area contributed by atoms with E-state index in [-0.39, 0.29) is 5.04 Å². The quantitative estimate of drug-likeness (QED) is 0.493. The maximum absolute atomic E-state index is 6.41. The average molecular weight is 366 g/mol. The maximum atomic E-state index is 6.41. The third kappa shape index (κ3) is 2.55. The molecule has 2 aromatic carbocycles. The smallest absolute Gasteiger partial charge is 0.169 e. The molecule has 0 N–H and O–H groups in total. The van der Waals surface area contributed by atoms with E-state index < -0.39 is 8.24 Å². The molecule has 2 nitrogen and oxygen atoms in total. The van der Waals surface area contributed by atoms with E-state index in [4.69, 9.17) is 27.9 Å². The number of ether oxygens (including phenoxy) is 1. The van der Waals surface area contributed by atoms with Crippen molar-refractivity contribution in [3.05, 3.63) is 46.4 Å². The second-order valence-corrected chi connectivity index (χ2v) is 13.3. The van der Waals surface area contributed by atoms with Gasteiger partial charge in [-0.2, -0.15) is 0 Å². The molecule has 5 heteroatoms. The van der Waals surface area contributed by atoms with Gasteiger partial charge in [-0.15, -0.1) is 0 Å². The summed E-state index contributed by atoms with van der Waals surface area (Å²) in [6.07, 6.45) is 0. The molecule has 1 aliphatic rings. The summed E-state index contributed by atoms with van der Waals surface area (Å²) in [4.78, 5) is 0. The SMILES string of the molecule is CC(C)(C)[Si](C)(C)N1c2cccc(Cl)c2Oc2c(Cl)cccc21. The zero-order chi connectivity index (χ0) is 17.0. The molecule has 0 aliphatic carbocycles. The van der Waals surface area contributed by atoms with Gasteiger partial charge in [-0.05, 0) is 29.3 Å². The van der Waals surface area contributed by atoms with Crippen LogP contribution in [0.2, 0.25) is 28.2 Å². The van der Waals surface area contributed by atoms with Crippen molar-refractivity contribution in [2.24, 2.45) is 0 Å². The van der Waals surface area contributed by atoms with E-state index in [0.717, 1.165) is 11.4 Å². The molecular formula is C18H21Cl2NOSi. The predicted octanol–water partition coefficient (Wildman–Crippen LogP) is 7.24. The average Bonchev–Trinajstić information content (AvgIpc) is 2.45. The molecule has 0 spiro atoms. The van der Waals surface area contributed by atoms with Crippen molar-refractivity contribution in [3.8, 4) is 11.5 Å². The molecular weight excluding hydrogens is 345 g/mol. The van der Waals surface area contributed by atoms with E-state index in [1.165, 1.54) is 0 Å². The molecule has 0 saturated heterocycles. The van der Waals surface area contributed by atoms with Gasteiger partial charge in [0.05, 0.1) is 21.4 Å². The lowest BCUT2D eigenvalue weighted by atomic mass is 10.2. The van der Waals surface area contributed by atoms with Gasteiger partial charge in [-0.1, -0.05) is 69.2 Å². The Balaban J connectivity index is 2.32. The summed E-state index contributed by atoms with van der Waals surface area (Å²) >= 11 is 12.8. The molecule has 0 saturated carbocycles. The topological polar surface area (TPSA) is 12.5 Å². The number of halogens is 2. The van der Waals surface area contributed by atoms with E-state index in [2.05, 4.69) is 50.6 Å². The van der Waals surface area contributed by atoms with Crippen LogP contribution in [0.15, 0.2) is 36.4 Å². The van der Waals surface area contributed by atoms with Gasteiger partial charge in [-0.25, -0.2) is 0 Å². The lowest BCUT2D eigenvalue weighted by Gasteiger charge is -2.49. The van der Waals surface area contributed by atoms with Crippen LogP contribution in [0.25, 0.3) is 0 Å². The minimum atomic E-state index is -1.92. The molecule has 1 aliphatic heterocycles. The highest BCUT2D eigenvalue weighted by Gasteiger charge is 2.45. The maximum Gasteiger partial charge on any atom is 0.169 e. The summed E-state index contributed by atoms with van der Waals surface area (Å²) in [5.41, 5.74) is 2.05. The van der Waals surface area contributed by atoms with Crippen LogP contribution in [0.5, 0.6) is 11.5 Å². The molecule has 0 aromatic heterocycles. The lowest BCUT2D eigenvalue weighted by molar-refractivity contribution is 0.477. The Hall–Kier alpha value is -1.16. The molecule has 0 atom stereocenters. The second kappa shape index (κ2) is 5.44. The summed E-state index contributed by atoms with van der Waals surface area (Å²) in [5, 5.41) is 1.37. The minimum Gasteiger partial charge on any atom is -0.450 e. The number of para-hydroxylation sites is 2. The van der Waals surface area contributed by atoms with Gasteiger partial charge in [0.1, 0.15) is 0 Å². The van der Waals surface area contributed by atoms with Gasteiger partial charge >= 0.3 is 0 Å². The number of hydrogen-bond donors (Lipinski definition) is 0. The van der Waals surface area contributed by atoms with Crippen LogP contribution in [0.3, 0.4) is 0 Å². The van der Waals surface area contributed by atoms with E-state index in [0.29, 0.717) is 21.5 Å². The minimum absolute atomic E-state index is 0.156. The Kier molecular flexibility index (Phi) is 3.94. The zero-order valence-electron chi connectivity index (χ0n) is 14.1. The highest BCUT2D eigenvalue weighted by atomic mass is 35.5. The summed E-state index contributed by atoms with van der Waals surface area (Å²) < 4.78 is 8.52. The van der Waals surface area contributed by atoms with Crippen molar-refractivity contribution >= 4 is 42.8 Å². The van der Waals surface area contributed by atoms with Crippen LogP contribution in [0, 0.1) is 0 Å². The first-order valence-corrected chi connectivity index (χ1v) is 11.4. The first-order chi connectivity index (χ1) is 10.6. The van der Waals surface area contributed by atoms with E-state index in [1.54, 1.807) is 0 Å². The Morgan fingerprint density at radius 1 is 0.870 bits per heavy atom. The summed E-state index contributed by atoms with van der Waals surface area (Å²) in [6.45, 7) is 11.6. The molecule has 0 unspecified atom stereocenters. The van der Waals surface area contributed by atoms with Gasteiger partial charge in [0, 0.05) is 0 Å². The molecule has 2 aromatic rings. The van der Waals surface area contributed by atoms with Crippen molar-refractivity contribution < 1.29 is 4.74 Å². The third-order valence-electron chi connectivity index (χ3n) is 4.97. The number of rotatable bonds is 1. The molecule has 0 fully saturated rings. The molecule has 0 bridgehead atoms. The second-order valence-electron chi connectivity index (χ2n) is 7.42. The van der Waals surface area contributed by atoms with Crippen molar-refractivity contribution in [2.75, 3.05) is 4.57 Å². The highest BCUT2D eigenvalue weighted by Crippen LogP contribution is 2.56. The van der Waals surface area contributed by atoms with Gasteiger partial charge in [0.15, 0.2) is 19.7 Å². The molecule has 23 heavy (non-hydrogen) atoms. The van der Waals surface area contributed by atoms with Gasteiger partial charge in [-0.3, -0.25) is 0 Å². The number of benzene rings is 2. The first-order valence-electron chi connectivity index (χ1n) is 7.70. The van der Waals surface area contributed by atoms with Crippen LogP contribution >= 0.6 is 23.2 Å². The Morgan fingerprint density at radius 2 is 1.30 bits per heavy atom. The van der Waals surface area contributed by atoms with E-state index in [1.807, 2.05) is 24.3 Å². The monoisotopic (exact) mass is 365 g/mol. The molecule has 1 heterocycles. The molecule has 0 radical (unpaired) electrons. The summed E-state index contributed by atoms with van der Waals surface area (Å²) in [5.74, 6) is 1.39. The number of nitrogens with zero attached hydrogens (tertiary/aromatic N) is 1. The van der Waals surface area contributed by atoms with E-state index in [9.17, 15) is 0 Å². The predicted molar refractivity (Wildman–Crippen MR) is 102 cm³/mol. The van der Waals surface area contributed by atoms with Gasteiger partial charge < -0.3 is 9.30 Å². The normalized spacial score (nSPS) is 14.1. The van der Waals surface area contributed by atoms with Crippen molar-refractivity contribution in [1.82, 2.24) is 0 Å². The van der Waals surface area contributed by atoms with Crippen LogP contribution in [0.1, 0.15) is 20.8 Å². The van der Waals surface area contributed by atoms with Crippen molar-refractivity contribution in [1.29, 1.82) is 0 Å². The number of anilines is 2. The summed E-state index contributed by atoms with van der Waals surface area (Å²) in [6, 6.07) is 11.8. The van der Waals surface area contributed by atoms with Crippen LogP contribution < -0.4 is 9.30 Å². The molecule has 122 valence electrons. The Morgan fingerprint density at radius 3 is 1.70 bits per heavy atom. The van der Waals surface area contributed by atoms with Crippen molar-refractivity contribution in [3.63, 3.8) is 0 Å². The van der Waals surface area contributed by atoms with Gasteiger partial charge in [0.25, 0.3) is 0 Å². The fraction of sp³-hybridized carbons (Fsp3) is 0.333. The molecule has 3 rings (SSSR count). The van der Waals surface area contributed by atoms with Crippen LogP contribution in [0.4, 0.5) is 11.4 Å². The van der Waals surface area contributed by atoms with Crippen LogP contribution in [-0.2, 0) is 0 Å². The van der Waals surface area contributed by atoms with E-state index >= 15 is 0 Å². The lowest BCUT2D eigenvalue weighted by Crippen LogP contribution is -2.53. The zero-order valence-corrected chi connectivity index (χ0v) is 16.6. The fourth-order valence-corrected chi connectivity index (χ4v) is 5.36. The summed E-state index contributed by atoms with van der Waals surface area (Å²) in [7, 11) is -1.92. The fourth-order valence-electron chi connectivity index (χ4n) is 2.72. The van der Waals surface area contributed by atoms with Crippen LogP contribution in [-0.4, -0.2) is 8.24 Å². The largest absolute Gasteiger partial charge is 0.450 e. The number of fused-ring (bicyclic) bond motifs is 2. The standard InChI is InChI=1S/C18H21Cl2NOSi/c1-18(2,3)23(4,5)21-14-10-6-8-12(19)16(14)22-17-13(20)9-7-11-15(17)21/h6-11H,1-5H3. The first kappa shape index (κ1) is 16.7.